The molecule has 1 atom stereocenters. The van der Waals surface area contributed by atoms with Crippen molar-refractivity contribution in [2.75, 3.05) is 7.11 Å². The van der Waals surface area contributed by atoms with E-state index < -0.39 is 0 Å². The first-order valence-electron chi connectivity index (χ1n) is 5.16. The number of ether oxygens (including phenoxy) is 1. The molecule has 0 saturated heterocycles. The van der Waals surface area contributed by atoms with E-state index in [2.05, 4.69) is 13.0 Å². The van der Waals surface area contributed by atoms with E-state index in [1.165, 1.54) is 23.1 Å². The summed E-state index contributed by atoms with van der Waals surface area (Å²) < 4.78 is 5.31. The minimum atomic E-state index is 0.225. The first-order valence-corrected chi connectivity index (χ1v) is 5.16. The molecule has 0 fully saturated rings. The van der Waals surface area contributed by atoms with E-state index >= 15 is 0 Å². The van der Waals surface area contributed by atoms with E-state index in [0.29, 0.717) is 0 Å². The highest BCUT2D eigenvalue weighted by molar-refractivity contribution is 5.46. The summed E-state index contributed by atoms with van der Waals surface area (Å²) >= 11 is 0. The van der Waals surface area contributed by atoms with Gasteiger partial charge in [0.2, 0.25) is 0 Å². The van der Waals surface area contributed by atoms with Gasteiger partial charge in [-0.25, -0.2) is 0 Å². The van der Waals surface area contributed by atoms with Gasteiger partial charge < -0.3 is 10.5 Å². The van der Waals surface area contributed by atoms with Gasteiger partial charge in [0.25, 0.3) is 0 Å². The third-order valence-electron chi connectivity index (χ3n) is 3.15. The Morgan fingerprint density at radius 1 is 1.43 bits per heavy atom. The molecule has 14 heavy (non-hydrogen) atoms. The average molecular weight is 191 g/mol. The predicted octanol–water partition coefficient (Wildman–Crippen LogP) is 2.34. The largest absolute Gasteiger partial charge is 0.496 e. The number of benzene rings is 1. The molecule has 76 valence electrons. The van der Waals surface area contributed by atoms with Crippen molar-refractivity contribution in [3.05, 3.63) is 28.8 Å². The van der Waals surface area contributed by atoms with E-state index in [1.54, 1.807) is 7.11 Å². The summed E-state index contributed by atoms with van der Waals surface area (Å²) in [7, 11) is 1.72. The molecule has 0 spiro atoms. The van der Waals surface area contributed by atoms with Crippen LogP contribution in [0.15, 0.2) is 12.1 Å². The highest BCUT2D eigenvalue weighted by atomic mass is 16.5. The van der Waals surface area contributed by atoms with Crippen LogP contribution >= 0.6 is 0 Å². The summed E-state index contributed by atoms with van der Waals surface area (Å²) in [6.07, 6.45) is 3.45. The highest BCUT2D eigenvalue weighted by Gasteiger charge is 2.19. The van der Waals surface area contributed by atoms with Gasteiger partial charge >= 0.3 is 0 Å². The van der Waals surface area contributed by atoms with Crippen LogP contribution in [0.5, 0.6) is 5.75 Å². The number of methoxy groups -OCH3 is 1. The van der Waals surface area contributed by atoms with Crippen LogP contribution in [0, 0.1) is 6.92 Å². The maximum atomic E-state index is 6.07. The summed E-state index contributed by atoms with van der Waals surface area (Å²) in [6.45, 7) is 2.12. The van der Waals surface area contributed by atoms with Gasteiger partial charge in [0.15, 0.2) is 0 Å². The lowest BCUT2D eigenvalue weighted by Gasteiger charge is -2.24. The highest BCUT2D eigenvalue weighted by Crippen LogP contribution is 2.34. The van der Waals surface area contributed by atoms with Gasteiger partial charge in [0, 0.05) is 6.04 Å². The van der Waals surface area contributed by atoms with E-state index in [9.17, 15) is 0 Å². The fourth-order valence-corrected chi connectivity index (χ4v) is 2.31. The normalized spacial score (nSPS) is 20.4. The fraction of sp³-hybridized carbons (Fsp3) is 0.500. The van der Waals surface area contributed by atoms with Crippen LogP contribution in [-0.2, 0) is 6.42 Å². The van der Waals surface area contributed by atoms with Crippen LogP contribution in [0.2, 0.25) is 0 Å². The van der Waals surface area contributed by atoms with Gasteiger partial charge in [-0.3, -0.25) is 0 Å². The van der Waals surface area contributed by atoms with Crippen molar-refractivity contribution >= 4 is 0 Å². The summed E-state index contributed by atoms with van der Waals surface area (Å²) in [6, 6.07) is 4.37. The molecule has 1 aromatic rings. The summed E-state index contributed by atoms with van der Waals surface area (Å²) in [5, 5.41) is 0. The van der Waals surface area contributed by atoms with E-state index in [1.807, 2.05) is 6.07 Å². The van der Waals surface area contributed by atoms with Gasteiger partial charge in [-0.05, 0) is 48.9 Å². The number of fused-ring (bicyclic) bond motifs is 1. The van der Waals surface area contributed by atoms with Crippen LogP contribution in [0.3, 0.4) is 0 Å². The second kappa shape index (κ2) is 3.62. The Hall–Kier alpha value is -1.02. The lowest BCUT2D eigenvalue weighted by Crippen LogP contribution is -2.18. The third-order valence-corrected chi connectivity index (χ3v) is 3.15. The third kappa shape index (κ3) is 1.40. The molecule has 0 bridgehead atoms. The molecule has 1 aliphatic carbocycles. The maximum Gasteiger partial charge on any atom is 0.122 e. The van der Waals surface area contributed by atoms with Crippen LogP contribution in [0.25, 0.3) is 0 Å². The topological polar surface area (TPSA) is 35.2 Å². The molecule has 0 saturated carbocycles. The van der Waals surface area contributed by atoms with Gasteiger partial charge in [0.05, 0.1) is 7.11 Å². The summed E-state index contributed by atoms with van der Waals surface area (Å²) in [5.41, 5.74) is 10.1. The molecule has 0 amide bonds. The predicted molar refractivity (Wildman–Crippen MR) is 57.6 cm³/mol. The lowest BCUT2D eigenvalue weighted by atomic mass is 9.85. The van der Waals surface area contributed by atoms with Crippen LogP contribution < -0.4 is 10.5 Å². The fourth-order valence-electron chi connectivity index (χ4n) is 2.31. The first-order chi connectivity index (χ1) is 6.74. The van der Waals surface area contributed by atoms with Crippen LogP contribution in [0.1, 0.15) is 35.6 Å². The van der Waals surface area contributed by atoms with Crippen molar-refractivity contribution in [3.8, 4) is 5.75 Å². The zero-order valence-corrected chi connectivity index (χ0v) is 8.84. The van der Waals surface area contributed by atoms with Crippen molar-refractivity contribution < 1.29 is 4.74 Å². The SMILES string of the molecule is COc1ccc2c(c1C)CCC[C@@H]2N. The Morgan fingerprint density at radius 3 is 2.93 bits per heavy atom. The quantitative estimate of drug-likeness (QED) is 0.739. The molecule has 0 heterocycles. The first kappa shape index (κ1) is 9.53. The van der Waals surface area contributed by atoms with Crippen molar-refractivity contribution in [3.63, 3.8) is 0 Å². The summed E-state index contributed by atoms with van der Waals surface area (Å²) in [5.74, 6) is 0.984. The van der Waals surface area contributed by atoms with Crippen molar-refractivity contribution in [2.24, 2.45) is 5.73 Å². The zero-order valence-electron chi connectivity index (χ0n) is 8.84. The smallest absolute Gasteiger partial charge is 0.122 e. The van der Waals surface area contributed by atoms with Gasteiger partial charge in [-0.1, -0.05) is 6.07 Å². The number of hydrogen-bond donors (Lipinski definition) is 1. The molecular formula is C12H17NO. The summed E-state index contributed by atoms with van der Waals surface area (Å²) in [4.78, 5) is 0. The zero-order chi connectivity index (χ0) is 10.1. The van der Waals surface area contributed by atoms with Crippen molar-refractivity contribution in [1.82, 2.24) is 0 Å². The van der Waals surface area contributed by atoms with Gasteiger partial charge in [0.1, 0.15) is 5.75 Å². The van der Waals surface area contributed by atoms with E-state index in [4.69, 9.17) is 10.5 Å². The lowest BCUT2D eigenvalue weighted by molar-refractivity contribution is 0.409. The Kier molecular flexibility index (Phi) is 2.46. The molecule has 2 nitrogen and oxygen atoms in total. The van der Waals surface area contributed by atoms with Crippen LogP contribution in [0.4, 0.5) is 0 Å². The second-order valence-corrected chi connectivity index (χ2v) is 3.96. The Labute approximate surface area is 85.1 Å². The van der Waals surface area contributed by atoms with E-state index in [0.717, 1.165) is 18.6 Å². The Bertz CT molecular complexity index is 346. The van der Waals surface area contributed by atoms with Crippen molar-refractivity contribution in [1.29, 1.82) is 0 Å². The number of hydrogen-bond acceptors (Lipinski definition) is 2. The molecule has 2 N–H and O–H groups in total. The Morgan fingerprint density at radius 2 is 2.21 bits per heavy atom. The van der Waals surface area contributed by atoms with Crippen LogP contribution in [-0.4, -0.2) is 7.11 Å². The molecule has 1 aromatic carbocycles. The molecule has 0 radical (unpaired) electrons. The molecule has 0 unspecified atom stereocenters. The number of rotatable bonds is 1. The molecule has 2 rings (SSSR count). The number of nitrogens with two attached hydrogens (primary N) is 1. The van der Waals surface area contributed by atoms with Gasteiger partial charge in [-0.2, -0.15) is 0 Å². The molecule has 1 aliphatic rings. The minimum absolute atomic E-state index is 0.225. The maximum absolute atomic E-state index is 6.07. The average Bonchev–Trinajstić information content (AvgIpc) is 2.20. The minimum Gasteiger partial charge on any atom is -0.496 e. The molecular weight excluding hydrogens is 174 g/mol. The second-order valence-electron chi connectivity index (χ2n) is 3.96. The van der Waals surface area contributed by atoms with Gasteiger partial charge in [-0.15, -0.1) is 0 Å². The van der Waals surface area contributed by atoms with E-state index in [-0.39, 0.29) is 6.04 Å². The van der Waals surface area contributed by atoms with Crippen molar-refractivity contribution in [2.45, 2.75) is 32.2 Å². The molecule has 2 heteroatoms. The monoisotopic (exact) mass is 191 g/mol. The molecule has 0 aliphatic heterocycles. The Balaban J connectivity index is 2.52. The standard InChI is InChI=1S/C12H17NO/c1-8-9-4-3-5-11(13)10(9)6-7-12(8)14-2/h6-7,11H,3-5,13H2,1-2H3/t11-/m0/s1. The molecule has 0 aromatic heterocycles.